The van der Waals surface area contributed by atoms with Crippen LogP contribution >= 0.6 is 0 Å². The Morgan fingerprint density at radius 3 is 2.72 bits per heavy atom. The number of ether oxygens (including phenoxy) is 1. The van der Waals surface area contributed by atoms with Crippen LogP contribution in [0.2, 0.25) is 0 Å². The number of hydrogen-bond acceptors (Lipinski definition) is 3. The van der Waals surface area contributed by atoms with Gasteiger partial charge in [0.05, 0.1) is 13.2 Å². The Balaban J connectivity index is 2.46. The number of hydrogen-bond donors (Lipinski definition) is 1. The fourth-order valence-electron chi connectivity index (χ4n) is 1.83. The summed E-state index contributed by atoms with van der Waals surface area (Å²) < 4.78 is 5.27. The number of rotatable bonds is 3. The van der Waals surface area contributed by atoms with Crippen molar-refractivity contribution in [2.75, 3.05) is 12.4 Å². The van der Waals surface area contributed by atoms with Gasteiger partial charge in [0.25, 0.3) is 0 Å². The molecule has 0 saturated carbocycles. The zero-order valence-corrected chi connectivity index (χ0v) is 9.93. The molecule has 1 N–H and O–H groups in total. The Kier molecular flexibility index (Phi) is 3.44. The third-order valence-corrected chi connectivity index (χ3v) is 2.62. The normalized spacial score (nSPS) is 9.78. The summed E-state index contributed by atoms with van der Waals surface area (Å²) in [6.45, 7) is 0. The topological polar surface area (TPSA) is 62.1 Å². The molecule has 1 amide bonds. The molecule has 18 heavy (non-hydrogen) atoms. The number of nitrogens with zero attached hydrogens (tertiary/aromatic N) is 1. The van der Waals surface area contributed by atoms with Gasteiger partial charge in [-0.2, -0.15) is 5.26 Å². The quantitative estimate of drug-likeness (QED) is 0.897. The summed E-state index contributed by atoms with van der Waals surface area (Å²) in [7, 11) is 1.61. The van der Waals surface area contributed by atoms with Crippen LogP contribution in [-0.2, 0) is 4.79 Å². The van der Waals surface area contributed by atoms with E-state index in [4.69, 9.17) is 10.00 Å². The van der Waals surface area contributed by atoms with Gasteiger partial charge in [0, 0.05) is 16.5 Å². The highest BCUT2D eigenvalue weighted by molar-refractivity contribution is 6.04. The van der Waals surface area contributed by atoms with Gasteiger partial charge in [-0.15, -0.1) is 0 Å². The molecule has 2 rings (SSSR count). The number of nitriles is 1. The van der Waals surface area contributed by atoms with Crippen LogP contribution in [0, 0.1) is 11.3 Å². The summed E-state index contributed by atoms with van der Waals surface area (Å²) in [6.07, 6.45) is -0.152. The first-order valence-electron chi connectivity index (χ1n) is 5.49. The van der Waals surface area contributed by atoms with Crippen molar-refractivity contribution in [3.05, 3.63) is 36.4 Å². The van der Waals surface area contributed by atoms with Gasteiger partial charge in [-0.1, -0.05) is 24.3 Å². The van der Waals surface area contributed by atoms with Crippen LogP contribution in [0.3, 0.4) is 0 Å². The molecule has 0 aliphatic carbocycles. The monoisotopic (exact) mass is 240 g/mol. The molecule has 0 radical (unpaired) electrons. The minimum atomic E-state index is -0.312. The fourth-order valence-corrected chi connectivity index (χ4v) is 1.83. The van der Waals surface area contributed by atoms with Crippen LogP contribution in [-0.4, -0.2) is 13.0 Å². The SMILES string of the molecule is COc1cccc2c(NC(=O)CC#N)cccc12. The molecule has 2 aromatic carbocycles. The number of carbonyl (C=O) groups is 1. The van der Waals surface area contributed by atoms with E-state index in [1.54, 1.807) is 13.2 Å². The largest absolute Gasteiger partial charge is 0.496 e. The summed E-state index contributed by atoms with van der Waals surface area (Å²) >= 11 is 0. The molecule has 0 atom stereocenters. The van der Waals surface area contributed by atoms with Crippen molar-refractivity contribution in [2.45, 2.75) is 6.42 Å². The van der Waals surface area contributed by atoms with E-state index < -0.39 is 0 Å². The van der Waals surface area contributed by atoms with E-state index in [-0.39, 0.29) is 12.3 Å². The molecule has 0 fully saturated rings. The van der Waals surface area contributed by atoms with E-state index >= 15 is 0 Å². The lowest BCUT2D eigenvalue weighted by molar-refractivity contribution is -0.115. The zero-order chi connectivity index (χ0) is 13.0. The number of methoxy groups -OCH3 is 1. The average molecular weight is 240 g/mol. The smallest absolute Gasteiger partial charge is 0.238 e. The minimum absolute atomic E-state index is 0.152. The Labute approximate surface area is 105 Å². The van der Waals surface area contributed by atoms with Gasteiger partial charge in [-0.3, -0.25) is 4.79 Å². The van der Waals surface area contributed by atoms with Gasteiger partial charge in [-0.25, -0.2) is 0 Å². The molecular weight excluding hydrogens is 228 g/mol. The number of amides is 1. The maximum Gasteiger partial charge on any atom is 0.238 e. The number of benzene rings is 2. The van der Waals surface area contributed by atoms with E-state index in [1.165, 1.54) is 0 Å². The molecule has 2 aromatic rings. The summed E-state index contributed by atoms with van der Waals surface area (Å²) in [5.41, 5.74) is 0.687. The molecule has 4 heteroatoms. The number of anilines is 1. The van der Waals surface area contributed by atoms with Gasteiger partial charge < -0.3 is 10.1 Å². The van der Waals surface area contributed by atoms with E-state index in [2.05, 4.69) is 5.32 Å². The Bertz CT molecular complexity index is 629. The average Bonchev–Trinajstić information content (AvgIpc) is 2.38. The maximum absolute atomic E-state index is 11.4. The summed E-state index contributed by atoms with van der Waals surface area (Å²) in [5, 5.41) is 13.0. The van der Waals surface area contributed by atoms with Crippen LogP contribution in [0.4, 0.5) is 5.69 Å². The molecule has 0 unspecified atom stereocenters. The second kappa shape index (κ2) is 5.19. The van der Waals surface area contributed by atoms with Gasteiger partial charge in [0.1, 0.15) is 12.2 Å². The highest BCUT2D eigenvalue weighted by Crippen LogP contribution is 2.30. The van der Waals surface area contributed by atoms with Crippen molar-refractivity contribution in [3.63, 3.8) is 0 Å². The molecule has 0 heterocycles. The van der Waals surface area contributed by atoms with Crippen LogP contribution in [0.15, 0.2) is 36.4 Å². The Morgan fingerprint density at radius 1 is 1.28 bits per heavy atom. The second-order valence-electron chi connectivity index (χ2n) is 3.74. The standard InChI is InChI=1S/C14H12N2O2/c1-18-13-7-3-4-10-11(13)5-2-6-12(10)16-14(17)8-9-15/h2-7H,8H2,1H3,(H,16,17). The highest BCUT2D eigenvalue weighted by atomic mass is 16.5. The lowest BCUT2D eigenvalue weighted by Gasteiger charge is -2.10. The molecule has 0 bridgehead atoms. The predicted octanol–water partition coefficient (Wildman–Crippen LogP) is 2.70. The molecule has 0 aromatic heterocycles. The lowest BCUT2D eigenvalue weighted by atomic mass is 10.1. The van der Waals surface area contributed by atoms with Crippen LogP contribution in [0.5, 0.6) is 5.75 Å². The zero-order valence-electron chi connectivity index (χ0n) is 9.93. The van der Waals surface area contributed by atoms with Crippen molar-refractivity contribution in [1.82, 2.24) is 0 Å². The summed E-state index contributed by atoms with van der Waals surface area (Å²) in [6, 6.07) is 13.0. The summed E-state index contributed by atoms with van der Waals surface area (Å²) in [4.78, 5) is 11.4. The second-order valence-corrected chi connectivity index (χ2v) is 3.74. The first kappa shape index (κ1) is 11.9. The molecule has 0 aliphatic rings. The van der Waals surface area contributed by atoms with Crippen LogP contribution in [0.25, 0.3) is 10.8 Å². The van der Waals surface area contributed by atoms with Crippen molar-refractivity contribution >= 4 is 22.4 Å². The van der Waals surface area contributed by atoms with Crippen LogP contribution < -0.4 is 10.1 Å². The minimum Gasteiger partial charge on any atom is -0.496 e. The van der Waals surface area contributed by atoms with Gasteiger partial charge in [-0.05, 0) is 12.1 Å². The van der Waals surface area contributed by atoms with E-state index in [9.17, 15) is 4.79 Å². The number of nitrogens with one attached hydrogen (secondary N) is 1. The first-order valence-corrected chi connectivity index (χ1v) is 5.49. The number of carbonyl (C=O) groups excluding carboxylic acids is 1. The maximum atomic E-state index is 11.4. The molecular formula is C14H12N2O2. The van der Waals surface area contributed by atoms with E-state index in [0.717, 1.165) is 16.5 Å². The molecule has 4 nitrogen and oxygen atoms in total. The molecule has 0 aliphatic heterocycles. The van der Waals surface area contributed by atoms with Gasteiger partial charge in [0.15, 0.2) is 0 Å². The predicted molar refractivity (Wildman–Crippen MR) is 69.4 cm³/mol. The van der Waals surface area contributed by atoms with E-state index in [0.29, 0.717) is 5.69 Å². The van der Waals surface area contributed by atoms with Crippen molar-refractivity contribution in [1.29, 1.82) is 5.26 Å². The lowest BCUT2D eigenvalue weighted by Crippen LogP contribution is -2.10. The molecule has 0 saturated heterocycles. The van der Waals surface area contributed by atoms with Gasteiger partial charge in [0.2, 0.25) is 5.91 Å². The third kappa shape index (κ3) is 2.25. The number of fused-ring (bicyclic) bond motifs is 1. The van der Waals surface area contributed by atoms with Crippen LogP contribution in [0.1, 0.15) is 6.42 Å². The molecule has 90 valence electrons. The van der Waals surface area contributed by atoms with Crippen molar-refractivity contribution in [2.24, 2.45) is 0 Å². The van der Waals surface area contributed by atoms with E-state index in [1.807, 2.05) is 36.4 Å². The van der Waals surface area contributed by atoms with Crippen molar-refractivity contribution < 1.29 is 9.53 Å². The Morgan fingerprint density at radius 2 is 2.00 bits per heavy atom. The third-order valence-electron chi connectivity index (χ3n) is 2.62. The Hall–Kier alpha value is -2.54. The first-order chi connectivity index (χ1) is 8.76. The van der Waals surface area contributed by atoms with Crippen molar-refractivity contribution in [3.8, 4) is 11.8 Å². The highest BCUT2D eigenvalue weighted by Gasteiger charge is 2.07. The summed E-state index contributed by atoms with van der Waals surface area (Å²) in [5.74, 6) is 0.441. The van der Waals surface area contributed by atoms with Gasteiger partial charge >= 0.3 is 0 Å². The fraction of sp³-hybridized carbons (Fsp3) is 0.143. The molecule has 0 spiro atoms.